The van der Waals surface area contributed by atoms with Gasteiger partial charge in [0, 0.05) is 35.8 Å². The van der Waals surface area contributed by atoms with E-state index < -0.39 is 17.9 Å². The van der Waals surface area contributed by atoms with Gasteiger partial charge in [-0.1, -0.05) is 44.9 Å². The fourth-order valence-electron chi connectivity index (χ4n) is 3.56. The summed E-state index contributed by atoms with van der Waals surface area (Å²) < 4.78 is 0. The van der Waals surface area contributed by atoms with Gasteiger partial charge in [-0.05, 0) is 42.9 Å². The molecule has 1 unspecified atom stereocenters. The average molecular weight is 505 g/mol. The van der Waals surface area contributed by atoms with Crippen LogP contribution in [0.1, 0.15) is 52.0 Å². The smallest absolute Gasteiger partial charge is 0.253 e. The molecule has 0 spiro atoms. The first kappa shape index (κ1) is 28.0. The van der Waals surface area contributed by atoms with Gasteiger partial charge in [-0.3, -0.25) is 28.9 Å². The molecule has 35 heavy (non-hydrogen) atoms. The van der Waals surface area contributed by atoms with Crippen molar-refractivity contribution in [2.75, 3.05) is 18.4 Å². The lowest BCUT2D eigenvalue weighted by atomic mass is 10.0. The highest BCUT2D eigenvalue weighted by molar-refractivity contribution is 6.31. The van der Waals surface area contributed by atoms with Crippen molar-refractivity contribution in [2.24, 2.45) is 5.92 Å². The van der Waals surface area contributed by atoms with E-state index in [1.54, 1.807) is 26.0 Å². The van der Waals surface area contributed by atoms with Gasteiger partial charge in [0.25, 0.3) is 11.8 Å². The quantitative estimate of drug-likeness (QED) is 0.281. The Kier molecular flexibility index (Phi) is 10.9. The van der Waals surface area contributed by atoms with Crippen LogP contribution in [0.2, 0.25) is 5.02 Å². The van der Waals surface area contributed by atoms with Crippen LogP contribution in [0.4, 0.5) is 5.69 Å². The Labute approximate surface area is 210 Å². The molecule has 5 amide bonds. The minimum Gasteiger partial charge on any atom is -0.345 e. The first-order chi connectivity index (χ1) is 16.6. The number of nitrogens with one attached hydrogen (secondary N) is 3. The SMILES string of the molecule is CCc1ccc(NC(=O)CNC(=O)C(NC(=O)CCCCCN2C(=O)C=CC2=O)C(C)C)cc1Cl. The van der Waals surface area contributed by atoms with Crippen molar-refractivity contribution in [3.8, 4) is 0 Å². The zero-order valence-corrected chi connectivity index (χ0v) is 21.1. The molecule has 0 radical (unpaired) electrons. The second-order valence-corrected chi connectivity index (χ2v) is 9.09. The molecule has 1 aliphatic heterocycles. The third-order valence-corrected chi connectivity index (χ3v) is 5.94. The van der Waals surface area contributed by atoms with E-state index in [9.17, 15) is 24.0 Å². The Hall–Kier alpha value is -3.20. The summed E-state index contributed by atoms with van der Waals surface area (Å²) in [5.41, 5.74) is 1.51. The Balaban J connectivity index is 1.72. The van der Waals surface area contributed by atoms with Crippen LogP contribution in [0.15, 0.2) is 30.4 Å². The number of carbonyl (C=O) groups excluding carboxylic acids is 5. The lowest BCUT2D eigenvalue weighted by Crippen LogP contribution is -2.51. The Morgan fingerprint density at radius 1 is 1.00 bits per heavy atom. The maximum Gasteiger partial charge on any atom is 0.253 e. The molecule has 0 fully saturated rings. The summed E-state index contributed by atoms with van der Waals surface area (Å²) in [5.74, 6) is -1.93. The molecule has 1 aromatic carbocycles. The number of carbonyl (C=O) groups is 5. The number of rotatable bonds is 13. The largest absolute Gasteiger partial charge is 0.345 e. The van der Waals surface area contributed by atoms with Gasteiger partial charge in [0.1, 0.15) is 6.04 Å². The van der Waals surface area contributed by atoms with Crippen molar-refractivity contribution >= 4 is 46.8 Å². The van der Waals surface area contributed by atoms with Crippen molar-refractivity contribution in [1.82, 2.24) is 15.5 Å². The molecule has 1 aromatic rings. The topological polar surface area (TPSA) is 125 Å². The van der Waals surface area contributed by atoms with E-state index in [-0.39, 0.29) is 36.6 Å². The molecule has 0 saturated heterocycles. The van der Waals surface area contributed by atoms with Crippen LogP contribution < -0.4 is 16.0 Å². The molecule has 190 valence electrons. The molecule has 10 heteroatoms. The minimum absolute atomic E-state index is 0.179. The van der Waals surface area contributed by atoms with Gasteiger partial charge in [0.15, 0.2) is 0 Å². The fraction of sp³-hybridized carbons (Fsp3) is 0.480. The number of halogens is 1. The normalized spacial score (nSPS) is 13.8. The predicted molar refractivity (Wildman–Crippen MR) is 134 cm³/mol. The lowest BCUT2D eigenvalue weighted by Gasteiger charge is -2.21. The highest BCUT2D eigenvalue weighted by atomic mass is 35.5. The maximum atomic E-state index is 12.6. The zero-order valence-electron chi connectivity index (χ0n) is 20.4. The van der Waals surface area contributed by atoms with E-state index in [4.69, 9.17) is 11.6 Å². The van der Waals surface area contributed by atoms with Crippen molar-refractivity contribution < 1.29 is 24.0 Å². The molecule has 0 aliphatic carbocycles. The van der Waals surface area contributed by atoms with E-state index in [0.29, 0.717) is 36.5 Å². The fourth-order valence-corrected chi connectivity index (χ4v) is 3.87. The number of nitrogens with zero attached hydrogens (tertiary/aromatic N) is 1. The molecule has 9 nitrogen and oxygen atoms in total. The van der Waals surface area contributed by atoms with E-state index >= 15 is 0 Å². The summed E-state index contributed by atoms with van der Waals surface area (Å²) in [6, 6.07) is 4.47. The van der Waals surface area contributed by atoms with Crippen molar-refractivity contribution in [1.29, 1.82) is 0 Å². The maximum absolute atomic E-state index is 12.6. The molecule has 3 N–H and O–H groups in total. The molecule has 2 rings (SSSR count). The van der Waals surface area contributed by atoms with Gasteiger partial charge in [-0.25, -0.2) is 0 Å². The second-order valence-electron chi connectivity index (χ2n) is 8.69. The predicted octanol–water partition coefficient (Wildman–Crippen LogP) is 2.58. The van der Waals surface area contributed by atoms with E-state index in [0.717, 1.165) is 12.0 Å². The summed E-state index contributed by atoms with van der Waals surface area (Å²) in [6.07, 6.45) is 5.30. The number of anilines is 1. The summed E-state index contributed by atoms with van der Waals surface area (Å²) in [5, 5.41) is 8.55. The second kappa shape index (κ2) is 13.6. The Morgan fingerprint density at radius 2 is 1.69 bits per heavy atom. The molecular weight excluding hydrogens is 472 g/mol. The number of aryl methyl sites for hydroxylation is 1. The van der Waals surface area contributed by atoms with Gasteiger partial charge in [0.05, 0.1) is 6.54 Å². The number of imide groups is 1. The molecular formula is C25H33ClN4O5. The molecule has 0 aromatic heterocycles. The lowest BCUT2D eigenvalue weighted by molar-refractivity contribution is -0.137. The third-order valence-electron chi connectivity index (χ3n) is 5.59. The van der Waals surface area contributed by atoms with Crippen LogP contribution in [0, 0.1) is 5.92 Å². The van der Waals surface area contributed by atoms with Crippen LogP contribution in [0.5, 0.6) is 0 Å². The van der Waals surface area contributed by atoms with Gasteiger partial charge in [-0.15, -0.1) is 0 Å². The van der Waals surface area contributed by atoms with Gasteiger partial charge >= 0.3 is 0 Å². The van der Waals surface area contributed by atoms with Crippen molar-refractivity contribution in [3.63, 3.8) is 0 Å². The average Bonchev–Trinajstić information content (AvgIpc) is 3.12. The monoisotopic (exact) mass is 504 g/mol. The van der Waals surface area contributed by atoms with E-state index in [1.165, 1.54) is 17.1 Å². The third kappa shape index (κ3) is 8.83. The zero-order chi connectivity index (χ0) is 26.0. The molecule has 1 atom stereocenters. The van der Waals surface area contributed by atoms with Crippen LogP contribution in [-0.4, -0.2) is 53.6 Å². The van der Waals surface area contributed by atoms with E-state index in [2.05, 4.69) is 16.0 Å². The summed E-state index contributed by atoms with van der Waals surface area (Å²) in [4.78, 5) is 61.4. The number of hydrogen-bond donors (Lipinski definition) is 3. The highest BCUT2D eigenvalue weighted by Crippen LogP contribution is 2.21. The van der Waals surface area contributed by atoms with Crippen LogP contribution in [0.3, 0.4) is 0 Å². The first-order valence-electron chi connectivity index (χ1n) is 11.8. The van der Waals surface area contributed by atoms with Crippen LogP contribution in [-0.2, 0) is 30.4 Å². The highest BCUT2D eigenvalue weighted by Gasteiger charge is 2.25. The number of amides is 5. The van der Waals surface area contributed by atoms with Crippen molar-refractivity contribution in [3.05, 3.63) is 40.9 Å². The van der Waals surface area contributed by atoms with Crippen LogP contribution in [0.25, 0.3) is 0 Å². The first-order valence-corrected chi connectivity index (χ1v) is 12.2. The standard InChI is InChI=1S/C25H33ClN4O5/c1-4-17-9-10-18(14-19(17)26)28-21(32)15-27-25(35)24(16(2)3)29-20(31)8-6-5-7-13-30-22(33)11-12-23(30)34/h9-12,14,16,24H,4-8,13,15H2,1-3H3,(H,27,35)(H,28,32)(H,29,31). The molecule has 1 heterocycles. The number of benzene rings is 1. The van der Waals surface area contributed by atoms with Gasteiger partial charge in [-0.2, -0.15) is 0 Å². The van der Waals surface area contributed by atoms with Crippen LogP contribution >= 0.6 is 11.6 Å². The molecule has 0 saturated carbocycles. The summed E-state index contributed by atoms with van der Waals surface area (Å²) >= 11 is 6.17. The minimum atomic E-state index is -0.778. The number of hydrogen-bond acceptors (Lipinski definition) is 5. The summed E-state index contributed by atoms with van der Waals surface area (Å²) in [6.45, 7) is 5.67. The van der Waals surface area contributed by atoms with Crippen molar-refractivity contribution in [2.45, 2.75) is 58.9 Å². The Bertz CT molecular complexity index is 974. The van der Waals surface area contributed by atoms with E-state index in [1.807, 2.05) is 13.0 Å². The molecule has 0 bridgehead atoms. The van der Waals surface area contributed by atoms with Gasteiger partial charge < -0.3 is 16.0 Å². The van der Waals surface area contributed by atoms with Gasteiger partial charge in [0.2, 0.25) is 17.7 Å². The summed E-state index contributed by atoms with van der Waals surface area (Å²) in [7, 11) is 0. The Morgan fingerprint density at radius 3 is 2.29 bits per heavy atom. The number of unbranched alkanes of at least 4 members (excludes halogenated alkanes) is 2. The molecule has 1 aliphatic rings.